The SMILES string of the molecule is Cc1ncsc1-c1ccc(CNC(=O)[C@@H]2C[C@@H](O)CN2C(=O)[C@@H](NC(=O)CCOCCOCCOCCOCCC(=O)OC(C)(C)C)C(C)(C)C)cc1. The molecule has 3 amide bonds. The lowest BCUT2D eigenvalue weighted by molar-refractivity contribution is -0.156. The van der Waals surface area contributed by atoms with E-state index in [4.69, 9.17) is 23.7 Å². The maximum absolute atomic E-state index is 13.8. The molecule has 14 nitrogen and oxygen atoms in total. The zero-order valence-electron chi connectivity index (χ0n) is 32.2. The predicted molar refractivity (Wildman–Crippen MR) is 200 cm³/mol. The highest BCUT2D eigenvalue weighted by molar-refractivity contribution is 7.13. The van der Waals surface area contributed by atoms with E-state index < -0.39 is 35.1 Å². The van der Waals surface area contributed by atoms with Gasteiger partial charge >= 0.3 is 5.97 Å². The third-order valence-electron chi connectivity index (χ3n) is 8.17. The topological polar surface area (TPSA) is 175 Å². The molecule has 1 aliphatic heterocycles. The van der Waals surface area contributed by atoms with Crippen molar-refractivity contribution in [1.82, 2.24) is 20.5 Å². The molecule has 53 heavy (non-hydrogen) atoms. The molecular formula is C38H58N4O10S. The minimum atomic E-state index is -0.919. The van der Waals surface area contributed by atoms with E-state index in [1.54, 1.807) is 11.3 Å². The summed E-state index contributed by atoms with van der Waals surface area (Å²) in [4.78, 5) is 58.5. The molecule has 3 rings (SSSR count). The van der Waals surface area contributed by atoms with Crippen molar-refractivity contribution in [1.29, 1.82) is 0 Å². The predicted octanol–water partition coefficient (Wildman–Crippen LogP) is 3.42. The number of amides is 3. The van der Waals surface area contributed by atoms with Crippen LogP contribution in [0, 0.1) is 12.3 Å². The Balaban J connectivity index is 1.32. The minimum absolute atomic E-state index is 0.0000469. The Hall–Kier alpha value is -3.47. The first kappa shape index (κ1) is 43.9. The van der Waals surface area contributed by atoms with Crippen molar-refractivity contribution in [2.45, 2.75) is 98.1 Å². The molecule has 0 saturated carbocycles. The van der Waals surface area contributed by atoms with E-state index in [0.29, 0.717) is 33.0 Å². The molecule has 3 atom stereocenters. The van der Waals surface area contributed by atoms with E-state index >= 15 is 0 Å². The van der Waals surface area contributed by atoms with Gasteiger partial charge in [-0.05, 0) is 44.2 Å². The first-order valence-corrected chi connectivity index (χ1v) is 19.0. The van der Waals surface area contributed by atoms with E-state index in [1.807, 2.05) is 78.2 Å². The zero-order chi connectivity index (χ0) is 39.0. The van der Waals surface area contributed by atoms with Gasteiger partial charge in [-0.2, -0.15) is 0 Å². The monoisotopic (exact) mass is 762 g/mol. The zero-order valence-corrected chi connectivity index (χ0v) is 33.1. The molecule has 2 aromatic rings. The third-order valence-corrected chi connectivity index (χ3v) is 9.15. The second-order valence-corrected chi connectivity index (χ2v) is 15.8. The molecule has 1 fully saturated rings. The van der Waals surface area contributed by atoms with Gasteiger partial charge in [0.15, 0.2) is 0 Å². The summed E-state index contributed by atoms with van der Waals surface area (Å²) in [7, 11) is 0. The number of aliphatic hydroxyl groups is 1. The molecular weight excluding hydrogens is 705 g/mol. The van der Waals surface area contributed by atoms with Crippen LogP contribution in [0.15, 0.2) is 29.8 Å². The van der Waals surface area contributed by atoms with Crippen LogP contribution in [-0.2, 0) is 49.4 Å². The minimum Gasteiger partial charge on any atom is -0.460 e. The van der Waals surface area contributed by atoms with E-state index in [-0.39, 0.29) is 70.0 Å². The van der Waals surface area contributed by atoms with Gasteiger partial charge in [0, 0.05) is 25.9 Å². The standard InChI is InChI=1S/C38H58N4O10S/c1-26-33(53-25-40-26)28-10-8-27(9-11-28)23-39-35(46)30-22-29(43)24-42(30)36(47)34(37(2,3)4)41-31(44)12-14-48-16-18-50-20-21-51-19-17-49-15-13-32(45)52-38(5,6)7/h8-11,25,29-30,34,43H,12-24H2,1-7H3,(H,39,46)(H,41,44)/t29-,30+,34-/m1/s1. The number of thiazole rings is 1. The molecule has 15 heteroatoms. The van der Waals surface area contributed by atoms with Crippen molar-refractivity contribution in [3.05, 3.63) is 41.0 Å². The summed E-state index contributed by atoms with van der Waals surface area (Å²) in [6.45, 7) is 15.7. The maximum atomic E-state index is 13.8. The molecule has 1 aromatic carbocycles. The van der Waals surface area contributed by atoms with Crippen LogP contribution in [0.4, 0.5) is 0 Å². The Morgan fingerprint density at radius 2 is 1.45 bits per heavy atom. The maximum Gasteiger partial charge on any atom is 0.308 e. The van der Waals surface area contributed by atoms with Crippen LogP contribution in [0.1, 0.15) is 72.1 Å². The van der Waals surface area contributed by atoms with Crippen molar-refractivity contribution in [2.24, 2.45) is 5.41 Å². The van der Waals surface area contributed by atoms with Gasteiger partial charge in [0.1, 0.15) is 17.7 Å². The van der Waals surface area contributed by atoms with Crippen molar-refractivity contribution in [3.8, 4) is 10.4 Å². The van der Waals surface area contributed by atoms with Gasteiger partial charge in [0.25, 0.3) is 0 Å². The van der Waals surface area contributed by atoms with E-state index in [2.05, 4.69) is 15.6 Å². The average Bonchev–Trinajstić information content (AvgIpc) is 3.70. The number of aliphatic hydroxyl groups excluding tert-OH is 1. The number of aryl methyl sites for hydroxylation is 1. The highest BCUT2D eigenvalue weighted by Gasteiger charge is 2.44. The summed E-state index contributed by atoms with van der Waals surface area (Å²) in [5, 5.41) is 16.2. The van der Waals surface area contributed by atoms with Crippen LogP contribution in [0.25, 0.3) is 10.4 Å². The van der Waals surface area contributed by atoms with Gasteiger partial charge in [0.05, 0.1) is 81.5 Å². The van der Waals surface area contributed by atoms with E-state index in [0.717, 1.165) is 21.7 Å². The summed E-state index contributed by atoms with van der Waals surface area (Å²) in [5.74, 6) is -1.44. The van der Waals surface area contributed by atoms with Crippen molar-refractivity contribution in [3.63, 3.8) is 0 Å². The van der Waals surface area contributed by atoms with Crippen LogP contribution in [0.2, 0.25) is 0 Å². The highest BCUT2D eigenvalue weighted by atomic mass is 32.1. The quantitative estimate of drug-likeness (QED) is 0.126. The number of carbonyl (C=O) groups excluding carboxylic acids is 4. The summed E-state index contributed by atoms with van der Waals surface area (Å²) < 4.78 is 27.1. The molecule has 1 aromatic heterocycles. The number of ether oxygens (including phenoxy) is 5. The number of esters is 1. The Morgan fingerprint density at radius 3 is 1.98 bits per heavy atom. The summed E-state index contributed by atoms with van der Waals surface area (Å²) in [6, 6.07) is 6.08. The van der Waals surface area contributed by atoms with Gasteiger partial charge in [-0.25, -0.2) is 4.98 Å². The number of β-amino-alcohol motifs (C(OH)–C–C–N with tert-alkyl or cyclic N) is 1. The summed E-state index contributed by atoms with van der Waals surface area (Å²) in [5.41, 5.74) is 3.55. The summed E-state index contributed by atoms with van der Waals surface area (Å²) >= 11 is 1.57. The number of carbonyl (C=O) groups is 4. The molecule has 0 radical (unpaired) electrons. The normalized spacial score (nSPS) is 16.7. The molecule has 0 spiro atoms. The van der Waals surface area contributed by atoms with Crippen LogP contribution in [0.5, 0.6) is 0 Å². The molecule has 0 unspecified atom stereocenters. The van der Waals surface area contributed by atoms with Crippen LogP contribution >= 0.6 is 11.3 Å². The second kappa shape index (κ2) is 21.4. The molecule has 1 aliphatic rings. The number of hydrogen-bond acceptors (Lipinski definition) is 12. The van der Waals surface area contributed by atoms with Crippen molar-refractivity contribution < 1.29 is 48.0 Å². The number of nitrogens with zero attached hydrogens (tertiary/aromatic N) is 2. The highest BCUT2D eigenvalue weighted by Crippen LogP contribution is 2.28. The largest absolute Gasteiger partial charge is 0.460 e. The van der Waals surface area contributed by atoms with Crippen molar-refractivity contribution in [2.75, 3.05) is 59.4 Å². The van der Waals surface area contributed by atoms with Gasteiger partial charge in [-0.15, -0.1) is 11.3 Å². The number of benzene rings is 1. The van der Waals surface area contributed by atoms with Gasteiger partial charge in [-0.1, -0.05) is 45.0 Å². The lowest BCUT2D eigenvalue weighted by Crippen LogP contribution is -2.57. The number of nitrogens with one attached hydrogen (secondary N) is 2. The third kappa shape index (κ3) is 15.8. The molecule has 1 saturated heterocycles. The van der Waals surface area contributed by atoms with Gasteiger partial charge < -0.3 is 44.3 Å². The second-order valence-electron chi connectivity index (χ2n) is 15.0. The Labute approximate surface area is 317 Å². The number of hydrogen-bond donors (Lipinski definition) is 3. The fraction of sp³-hybridized carbons (Fsp3) is 0.658. The fourth-order valence-corrected chi connectivity index (χ4v) is 6.30. The van der Waals surface area contributed by atoms with E-state index in [1.165, 1.54) is 4.90 Å². The molecule has 0 bridgehead atoms. The van der Waals surface area contributed by atoms with Crippen molar-refractivity contribution >= 4 is 35.0 Å². The van der Waals surface area contributed by atoms with E-state index in [9.17, 15) is 24.3 Å². The Bertz CT molecular complexity index is 1450. The molecule has 296 valence electrons. The molecule has 3 N–H and O–H groups in total. The first-order valence-electron chi connectivity index (χ1n) is 18.1. The number of likely N-dealkylation sites (tertiary alicyclic amines) is 1. The lowest BCUT2D eigenvalue weighted by Gasteiger charge is -2.35. The first-order chi connectivity index (χ1) is 25.0. The van der Waals surface area contributed by atoms with Crippen LogP contribution < -0.4 is 10.6 Å². The number of rotatable bonds is 21. The molecule has 0 aliphatic carbocycles. The molecule has 2 heterocycles. The Morgan fingerprint density at radius 1 is 0.887 bits per heavy atom. The van der Waals surface area contributed by atoms with Gasteiger partial charge in [-0.3, -0.25) is 19.2 Å². The fourth-order valence-electron chi connectivity index (χ4n) is 5.49. The Kier molecular flexibility index (Phi) is 17.8. The summed E-state index contributed by atoms with van der Waals surface area (Å²) in [6.07, 6.45) is -0.523. The number of aromatic nitrogens is 1. The van der Waals surface area contributed by atoms with Crippen LogP contribution in [0.3, 0.4) is 0 Å². The smallest absolute Gasteiger partial charge is 0.308 e. The lowest BCUT2D eigenvalue weighted by atomic mass is 9.85. The average molecular weight is 763 g/mol. The van der Waals surface area contributed by atoms with Crippen LogP contribution in [-0.4, -0.2) is 122 Å². The van der Waals surface area contributed by atoms with Gasteiger partial charge in [0.2, 0.25) is 17.7 Å².